The van der Waals surface area contributed by atoms with Gasteiger partial charge in [-0.1, -0.05) is 0 Å². The van der Waals surface area contributed by atoms with Crippen molar-refractivity contribution in [3.8, 4) is 0 Å². The van der Waals surface area contributed by atoms with Crippen LogP contribution < -0.4 is 11.1 Å². The first-order valence-corrected chi connectivity index (χ1v) is 5.43. The molecular weight excluding hydrogens is 196 g/mol. The third kappa shape index (κ3) is 6.43. The number of nitrogens with two attached hydrogens (primary N) is 1. The molecule has 0 unspecified atom stereocenters. The molecule has 15 heavy (non-hydrogen) atoms. The first-order chi connectivity index (χ1) is 7.29. The van der Waals surface area contributed by atoms with E-state index in [0.29, 0.717) is 19.1 Å². The van der Waals surface area contributed by atoms with Gasteiger partial charge in [-0.3, -0.25) is 4.79 Å². The number of carbonyl (C=O) groups excluding carboxylic acids is 1. The molecule has 1 fully saturated rings. The van der Waals surface area contributed by atoms with E-state index in [0.717, 1.165) is 19.7 Å². The Morgan fingerprint density at radius 3 is 2.60 bits per heavy atom. The Bertz CT molecular complexity index is 182. The molecule has 0 aromatic carbocycles. The van der Waals surface area contributed by atoms with E-state index in [-0.39, 0.29) is 6.61 Å². The zero-order chi connectivity index (χ0) is 10.9. The molecule has 1 aliphatic rings. The molecule has 0 aromatic heterocycles. The maximum Gasteiger partial charge on any atom is 0.243 e. The van der Waals surface area contributed by atoms with Gasteiger partial charge in [0, 0.05) is 6.61 Å². The zero-order valence-corrected chi connectivity index (χ0v) is 9.04. The fraction of sp³-hybridized carbons (Fsp3) is 0.900. The van der Waals surface area contributed by atoms with Crippen molar-refractivity contribution in [1.82, 2.24) is 5.32 Å². The smallest absolute Gasteiger partial charge is 0.243 e. The molecule has 1 amide bonds. The van der Waals surface area contributed by atoms with Crippen molar-refractivity contribution in [3.63, 3.8) is 0 Å². The van der Waals surface area contributed by atoms with Crippen LogP contribution in [0, 0.1) is 5.92 Å². The number of piperidine rings is 1. The molecular formula is C10H20N2O3. The number of amides is 1. The van der Waals surface area contributed by atoms with E-state index in [1.54, 1.807) is 0 Å². The lowest BCUT2D eigenvalue weighted by Gasteiger charge is -2.22. The highest BCUT2D eigenvalue weighted by molar-refractivity contribution is 5.74. The van der Waals surface area contributed by atoms with Crippen molar-refractivity contribution in [1.29, 1.82) is 0 Å². The minimum atomic E-state index is -0.437. The molecule has 5 heteroatoms. The van der Waals surface area contributed by atoms with Crippen molar-refractivity contribution in [3.05, 3.63) is 0 Å². The minimum Gasteiger partial charge on any atom is -0.379 e. The first kappa shape index (κ1) is 12.4. The predicted molar refractivity (Wildman–Crippen MR) is 56.4 cm³/mol. The summed E-state index contributed by atoms with van der Waals surface area (Å²) in [6.45, 7) is 3.93. The summed E-state index contributed by atoms with van der Waals surface area (Å²) in [7, 11) is 0. The van der Waals surface area contributed by atoms with Gasteiger partial charge in [-0.2, -0.15) is 0 Å². The van der Waals surface area contributed by atoms with Gasteiger partial charge in [0.25, 0.3) is 0 Å². The van der Waals surface area contributed by atoms with Gasteiger partial charge in [0.1, 0.15) is 6.61 Å². The van der Waals surface area contributed by atoms with Gasteiger partial charge < -0.3 is 20.5 Å². The molecule has 3 N–H and O–H groups in total. The third-order valence-electron chi connectivity index (χ3n) is 2.43. The van der Waals surface area contributed by atoms with Crippen LogP contribution in [-0.4, -0.2) is 45.4 Å². The molecule has 1 rings (SSSR count). The van der Waals surface area contributed by atoms with Crippen molar-refractivity contribution in [2.75, 3.05) is 39.5 Å². The summed E-state index contributed by atoms with van der Waals surface area (Å²) >= 11 is 0. The van der Waals surface area contributed by atoms with E-state index >= 15 is 0 Å². The van der Waals surface area contributed by atoms with Crippen LogP contribution in [0.3, 0.4) is 0 Å². The Hall–Kier alpha value is -0.650. The summed E-state index contributed by atoms with van der Waals surface area (Å²) < 4.78 is 10.4. The van der Waals surface area contributed by atoms with Crippen LogP contribution in [0.25, 0.3) is 0 Å². The lowest BCUT2D eigenvalue weighted by Crippen LogP contribution is -2.30. The second-order valence-electron chi connectivity index (χ2n) is 3.79. The van der Waals surface area contributed by atoms with E-state index in [2.05, 4.69) is 5.32 Å². The quantitative estimate of drug-likeness (QED) is 0.563. The van der Waals surface area contributed by atoms with Crippen LogP contribution in [0.2, 0.25) is 0 Å². The van der Waals surface area contributed by atoms with Gasteiger partial charge in [-0.05, 0) is 31.8 Å². The third-order valence-corrected chi connectivity index (χ3v) is 2.43. The summed E-state index contributed by atoms with van der Waals surface area (Å²) in [5.74, 6) is 0.232. The zero-order valence-electron chi connectivity index (χ0n) is 9.04. The van der Waals surface area contributed by atoms with Crippen LogP contribution in [-0.2, 0) is 14.3 Å². The summed E-state index contributed by atoms with van der Waals surface area (Å²) in [4.78, 5) is 10.3. The Labute approximate surface area is 90.3 Å². The standard InChI is InChI=1S/C10H20N2O3/c11-10(13)8-15-6-5-14-7-9-1-3-12-4-2-9/h9,12H,1-8H2,(H2,11,13). The molecule has 0 bridgehead atoms. The highest BCUT2D eigenvalue weighted by Gasteiger charge is 2.12. The molecule has 0 aliphatic carbocycles. The minimum absolute atomic E-state index is 0.0172. The fourth-order valence-electron chi connectivity index (χ4n) is 1.59. The monoisotopic (exact) mass is 216 g/mol. The van der Waals surface area contributed by atoms with Crippen molar-refractivity contribution in [2.24, 2.45) is 11.7 Å². The molecule has 0 radical (unpaired) electrons. The maximum atomic E-state index is 10.3. The topological polar surface area (TPSA) is 73.6 Å². The molecule has 0 aromatic rings. The second kappa shape index (κ2) is 7.62. The Morgan fingerprint density at radius 1 is 1.27 bits per heavy atom. The number of rotatable bonds is 7. The number of primary amides is 1. The van der Waals surface area contributed by atoms with Crippen LogP contribution in [0.15, 0.2) is 0 Å². The number of hydrogen-bond acceptors (Lipinski definition) is 4. The van der Waals surface area contributed by atoms with Gasteiger partial charge in [0.2, 0.25) is 5.91 Å². The summed E-state index contributed by atoms with van der Waals surface area (Å²) in [5, 5.41) is 3.31. The number of nitrogens with one attached hydrogen (secondary N) is 1. The molecule has 0 saturated carbocycles. The second-order valence-corrected chi connectivity index (χ2v) is 3.79. The van der Waals surface area contributed by atoms with Crippen molar-refractivity contribution in [2.45, 2.75) is 12.8 Å². The number of ether oxygens (including phenoxy) is 2. The molecule has 0 atom stereocenters. The van der Waals surface area contributed by atoms with Gasteiger partial charge >= 0.3 is 0 Å². The Balaban J connectivity index is 1.85. The van der Waals surface area contributed by atoms with Gasteiger partial charge in [0.15, 0.2) is 0 Å². The molecule has 1 aliphatic heterocycles. The highest BCUT2D eigenvalue weighted by Crippen LogP contribution is 2.11. The normalized spacial score (nSPS) is 17.9. The SMILES string of the molecule is NC(=O)COCCOCC1CCNCC1. The van der Waals surface area contributed by atoms with Gasteiger partial charge in [-0.25, -0.2) is 0 Å². The molecule has 88 valence electrons. The van der Waals surface area contributed by atoms with Crippen LogP contribution in [0.5, 0.6) is 0 Å². The molecule has 1 heterocycles. The van der Waals surface area contributed by atoms with E-state index in [1.165, 1.54) is 12.8 Å². The van der Waals surface area contributed by atoms with Gasteiger partial charge in [-0.15, -0.1) is 0 Å². The molecule has 0 spiro atoms. The lowest BCUT2D eigenvalue weighted by molar-refractivity contribution is -0.123. The maximum absolute atomic E-state index is 10.3. The van der Waals surface area contributed by atoms with Gasteiger partial charge in [0.05, 0.1) is 13.2 Å². The van der Waals surface area contributed by atoms with Crippen LogP contribution >= 0.6 is 0 Å². The predicted octanol–water partition coefficient (Wildman–Crippen LogP) is -0.495. The van der Waals surface area contributed by atoms with E-state index in [4.69, 9.17) is 15.2 Å². The average Bonchev–Trinajstić information content (AvgIpc) is 2.24. The van der Waals surface area contributed by atoms with E-state index in [9.17, 15) is 4.79 Å². The van der Waals surface area contributed by atoms with Crippen molar-refractivity contribution >= 4 is 5.91 Å². The fourth-order valence-corrected chi connectivity index (χ4v) is 1.59. The van der Waals surface area contributed by atoms with Crippen molar-refractivity contribution < 1.29 is 14.3 Å². The van der Waals surface area contributed by atoms with E-state index in [1.807, 2.05) is 0 Å². The van der Waals surface area contributed by atoms with E-state index < -0.39 is 5.91 Å². The molecule has 1 saturated heterocycles. The largest absolute Gasteiger partial charge is 0.379 e. The number of carbonyl (C=O) groups is 1. The van der Waals surface area contributed by atoms with Crippen LogP contribution in [0.1, 0.15) is 12.8 Å². The van der Waals surface area contributed by atoms with Crippen LogP contribution in [0.4, 0.5) is 0 Å². The average molecular weight is 216 g/mol. The Morgan fingerprint density at radius 2 is 1.93 bits per heavy atom. The number of hydrogen-bond donors (Lipinski definition) is 2. The highest BCUT2D eigenvalue weighted by atomic mass is 16.5. The molecule has 5 nitrogen and oxygen atoms in total. The summed E-state index contributed by atoms with van der Waals surface area (Å²) in [6, 6.07) is 0. The first-order valence-electron chi connectivity index (χ1n) is 5.43. The Kier molecular flexibility index (Phi) is 6.31. The summed E-state index contributed by atoms with van der Waals surface area (Å²) in [6.07, 6.45) is 2.37. The lowest BCUT2D eigenvalue weighted by atomic mass is 9.99. The summed E-state index contributed by atoms with van der Waals surface area (Å²) in [5.41, 5.74) is 4.91.